The predicted molar refractivity (Wildman–Crippen MR) is 76.6 cm³/mol. The number of ether oxygens (including phenoxy) is 2. The van der Waals surface area contributed by atoms with E-state index in [4.69, 9.17) is 9.47 Å². The fourth-order valence-electron chi connectivity index (χ4n) is 2.15. The van der Waals surface area contributed by atoms with Crippen molar-refractivity contribution in [1.82, 2.24) is 4.90 Å². The Morgan fingerprint density at radius 2 is 2.21 bits per heavy atom. The van der Waals surface area contributed by atoms with Crippen LogP contribution >= 0.6 is 15.9 Å². The first kappa shape index (κ1) is 14.3. The van der Waals surface area contributed by atoms with Crippen LogP contribution in [0, 0.1) is 0 Å². The molecule has 0 saturated carbocycles. The summed E-state index contributed by atoms with van der Waals surface area (Å²) in [6, 6.07) is 5.49. The van der Waals surface area contributed by atoms with Crippen molar-refractivity contribution in [3.63, 3.8) is 0 Å². The summed E-state index contributed by atoms with van der Waals surface area (Å²) in [5.41, 5.74) is 0.661. The lowest BCUT2D eigenvalue weighted by Crippen LogP contribution is -2.50. The molecule has 2 rings (SSSR count). The summed E-state index contributed by atoms with van der Waals surface area (Å²) in [6.45, 7) is 5.20. The number of hydrogen-bond donors (Lipinski definition) is 0. The number of benzene rings is 1. The summed E-state index contributed by atoms with van der Waals surface area (Å²) >= 11 is 3.41. The molecule has 2 atom stereocenters. The minimum Gasteiger partial charge on any atom is -0.496 e. The minimum atomic E-state index is 0.0333. The van der Waals surface area contributed by atoms with Crippen molar-refractivity contribution in [1.29, 1.82) is 0 Å². The fraction of sp³-hybridized carbons (Fsp3) is 0.500. The van der Waals surface area contributed by atoms with Gasteiger partial charge in [0, 0.05) is 12.1 Å². The van der Waals surface area contributed by atoms with Crippen LogP contribution in [0.3, 0.4) is 0 Å². The second-order valence-electron chi connectivity index (χ2n) is 4.80. The van der Waals surface area contributed by atoms with E-state index in [9.17, 15) is 4.79 Å². The van der Waals surface area contributed by atoms with E-state index in [0.717, 1.165) is 10.2 Å². The van der Waals surface area contributed by atoms with Crippen LogP contribution in [0.5, 0.6) is 5.75 Å². The average molecular weight is 328 g/mol. The highest BCUT2D eigenvalue weighted by Gasteiger charge is 2.28. The van der Waals surface area contributed by atoms with Crippen LogP contribution in [0.4, 0.5) is 0 Å². The Morgan fingerprint density at radius 3 is 2.84 bits per heavy atom. The van der Waals surface area contributed by atoms with Crippen molar-refractivity contribution in [2.45, 2.75) is 26.0 Å². The Labute approximate surface area is 121 Å². The smallest absolute Gasteiger partial charge is 0.254 e. The van der Waals surface area contributed by atoms with E-state index >= 15 is 0 Å². The molecule has 0 N–H and O–H groups in total. The molecular formula is C14H18BrNO3. The highest BCUT2D eigenvalue weighted by atomic mass is 79.9. The molecule has 5 heteroatoms. The van der Waals surface area contributed by atoms with Crippen LogP contribution in [-0.2, 0) is 4.74 Å². The lowest BCUT2D eigenvalue weighted by atomic mass is 10.1. The molecule has 19 heavy (non-hydrogen) atoms. The van der Waals surface area contributed by atoms with E-state index < -0.39 is 0 Å². The van der Waals surface area contributed by atoms with E-state index in [2.05, 4.69) is 15.9 Å². The first-order chi connectivity index (χ1) is 9.02. The zero-order valence-electron chi connectivity index (χ0n) is 11.4. The number of nitrogens with zero attached hydrogens (tertiary/aromatic N) is 1. The third kappa shape index (κ3) is 3.09. The zero-order valence-corrected chi connectivity index (χ0v) is 12.9. The molecular weight excluding hydrogens is 310 g/mol. The van der Waals surface area contributed by atoms with Gasteiger partial charge in [-0.3, -0.25) is 4.79 Å². The molecule has 1 aliphatic rings. The van der Waals surface area contributed by atoms with Crippen molar-refractivity contribution in [2.75, 3.05) is 20.3 Å². The van der Waals surface area contributed by atoms with Crippen LogP contribution in [0.1, 0.15) is 24.2 Å². The Morgan fingerprint density at radius 1 is 1.47 bits per heavy atom. The van der Waals surface area contributed by atoms with Gasteiger partial charge in [0.05, 0.1) is 30.3 Å². The average Bonchev–Trinajstić information content (AvgIpc) is 2.40. The molecule has 0 unspecified atom stereocenters. The predicted octanol–water partition coefficient (Wildman–Crippen LogP) is 2.71. The molecule has 0 radical (unpaired) electrons. The molecule has 1 aromatic rings. The zero-order chi connectivity index (χ0) is 14.0. The van der Waals surface area contributed by atoms with Crippen LogP contribution in [-0.4, -0.2) is 43.2 Å². The van der Waals surface area contributed by atoms with Gasteiger partial charge in [0.25, 0.3) is 5.91 Å². The number of rotatable bonds is 2. The summed E-state index contributed by atoms with van der Waals surface area (Å²) in [4.78, 5) is 14.4. The Hall–Kier alpha value is -1.07. The molecule has 1 heterocycles. The van der Waals surface area contributed by atoms with Gasteiger partial charge in [-0.15, -0.1) is 0 Å². The van der Waals surface area contributed by atoms with Gasteiger partial charge in [-0.05, 0) is 48.0 Å². The SMILES string of the molecule is COc1ccc(C(=O)N2C[C@H](C)OC[C@H]2C)cc1Br. The van der Waals surface area contributed by atoms with Gasteiger partial charge in [-0.2, -0.15) is 0 Å². The Bertz CT molecular complexity index is 478. The van der Waals surface area contributed by atoms with E-state index in [1.165, 1.54) is 0 Å². The molecule has 1 fully saturated rings. The molecule has 0 aliphatic carbocycles. The normalized spacial score (nSPS) is 23.3. The summed E-state index contributed by atoms with van der Waals surface area (Å²) < 4.78 is 11.5. The van der Waals surface area contributed by atoms with Gasteiger partial charge in [0.15, 0.2) is 0 Å². The summed E-state index contributed by atoms with van der Waals surface area (Å²) in [6.07, 6.45) is 0.0850. The van der Waals surface area contributed by atoms with Crippen molar-refractivity contribution in [3.8, 4) is 5.75 Å². The van der Waals surface area contributed by atoms with E-state index in [0.29, 0.717) is 18.7 Å². The summed E-state index contributed by atoms with van der Waals surface area (Å²) in [7, 11) is 1.60. The van der Waals surface area contributed by atoms with Gasteiger partial charge in [0.2, 0.25) is 0 Å². The molecule has 1 aromatic carbocycles. The fourth-order valence-corrected chi connectivity index (χ4v) is 2.69. The van der Waals surface area contributed by atoms with Crippen LogP contribution in [0.25, 0.3) is 0 Å². The molecule has 104 valence electrons. The maximum atomic E-state index is 12.5. The van der Waals surface area contributed by atoms with E-state index in [-0.39, 0.29) is 18.1 Å². The third-order valence-electron chi connectivity index (χ3n) is 3.27. The first-order valence-corrected chi connectivity index (χ1v) is 7.08. The highest BCUT2D eigenvalue weighted by molar-refractivity contribution is 9.10. The molecule has 0 spiro atoms. The summed E-state index contributed by atoms with van der Waals surface area (Å²) in [5.74, 6) is 0.756. The summed E-state index contributed by atoms with van der Waals surface area (Å²) in [5, 5.41) is 0. The second-order valence-corrected chi connectivity index (χ2v) is 5.65. The first-order valence-electron chi connectivity index (χ1n) is 6.29. The van der Waals surface area contributed by atoms with Crippen LogP contribution in [0.2, 0.25) is 0 Å². The lowest BCUT2D eigenvalue weighted by molar-refractivity contribution is -0.0387. The molecule has 0 bridgehead atoms. The van der Waals surface area contributed by atoms with Crippen molar-refractivity contribution in [3.05, 3.63) is 28.2 Å². The topological polar surface area (TPSA) is 38.8 Å². The van der Waals surface area contributed by atoms with Gasteiger partial charge >= 0.3 is 0 Å². The Kier molecular flexibility index (Phi) is 4.47. The van der Waals surface area contributed by atoms with Crippen LogP contribution < -0.4 is 4.74 Å². The van der Waals surface area contributed by atoms with Gasteiger partial charge in [-0.1, -0.05) is 0 Å². The third-order valence-corrected chi connectivity index (χ3v) is 3.89. The number of carbonyl (C=O) groups excluding carboxylic acids is 1. The second kappa shape index (κ2) is 5.92. The molecule has 0 aromatic heterocycles. The van der Waals surface area contributed by atoms with E-state index in [1.54, 1.807) is 25.3 Å². The standard InChI is InChI=1S/C14H18BrNO3/c1-9-8-19-10(2)7-16(9)14(17)11-4-5-13(18-3)12(15)6-11/h4-6,9-10H,7-8H2,1-3H3/t9-,10+/m1/s1. The molecule has 1 amide bonds. The number of amides is 1. The van der Waals surface area contributed by atoms with Gasteiger partial charge in [-0.25, -0.2) is 0 Å². The maximum Gasteiger partial charge on any atom is 0.254 e. The quantitative estimate of drug-likeness (QED) is 0.838. The Balaban J connectivity index is 2.21. The van der Waals surface area contributed by atoms with Crippen molar-refractivity contribution >= 4 is 21.8 Å². The molecule has 1 saturated heterocycles. The highest BCUT2D eigenvalue weighted by Crippen LogP contribution is 2.26. The van der Waals surface area contributed by atoms with Crippen molar-refractivity contribution in [2.24, 2.45) is 0 Å². The van der Waals surface area contributed by atoms with Crippen LogP contribution in [0.15, 0.2) is 22.7 Å². The lowest BCUT2D eigenvalue weighted by Gasteiger charge is -2.36. The number of halogens is 1. The molecule has 1 aliphatic heterocycles. The number of methoxy groups -OCH3 is 1. The van der Waals surface area contributed by atoms with Gasteiger partial charge in [0.1, 0.15) is 5.75 Å². The van der Waals surface area contributed by atoms with E-state index in [1.807, 2.05) is 18.7 Å². The molecule has 4 nitrogen and oxygen atoms in total. The number of carbonyl (C=O) groups is 1. The largest absolute Gasteiger partial charge is 0.496 e. The van der Waals surface area contributed by atoms with Crippen molar-refractivity contribution < 1.29 is 14.3 Å². The minimum absolute atomic E-state index is 0.0333. The number of hydrogen-bond acceptors (Lipinski definition) is 3. The maximum absolute atomic E-state index is 12.5. The number of morpholine rings is 1. The monoisotopic (exact) mass is 327 g/mol. The van der Waals surface area contributed by atoms with Gasteiger partial charge < -0.3 is 14.4 Å².